The van der Waals surface area contributed by atoms with Crippen LogP contribution < -0.4 is 5.32 Å². The molecule has 1 aliphatic rings. The molecule has 1 unspecified atom stereocenters. The van der Waals surface area contributed by atoms with Gasteiger partial charge in [0.05, 0.1) is 0 Å². The summed E-state index contributed by atoms with van der Waals surface area (Å²) < 4.78 is 0. The van der Waals surface area contributed by atoms with E-state index in [-0.39, 0.29) is 5.91 Å². The summed E-state index contributed by atoms with van der Waals surface area (Å²) in [6.07, 6.45) is 0. The van der Waals surface area contributed by atoms with Crippen LogP contribution in [0.1, 0.15) is 23.0 Å². The Morgan fingerprint density at radius 2 is 2.00 bits per heavy atom. The average Bonchev–Trinajstić information content (AvgIpc) is 2.96. The third-order valence-electron chi connectivity index (χ3n) is 4.74. The van der Waals surface area contributed by atoms with E-state index in [9.17, 15) is 4.79 Å². The predicted molar refractivity (Wildman–Crippen MR) is 93.9 cm³/mol. The Labute approximate surface area is 137 Å². The molecule has 124 valence electrons. The topological polar surface area (TPSA) is 51.4 Å². The van der Waals surface area contributed by atoms with Crippen molar-refractivity contribution in [1.82, 2.24) is 20.1 Å². The third-order valence-corrected chi connectivity index (χ3v) is 4.74. The number of nitrogens with zero attached hydrogens (tertiary/aromatic N) is 2. The summed E-state index contributed by atoms with van der Waals surface area (Å²) >= 11 is 0. The molecule has 1 saturated heterocycles. The lowest BCUT2D eigenvalue weighted by Crippen LogP contribution is -2.51. The van der Waals surface area contributed by atoms with Crippen LogP contribution in [0.15, 0.2) is 24.3 Å². The zero-order valence-electron chi connectivity index (χ0n) is 14.2. The lowest BCUT2D eigenvalue weighted by molar-refractivity contribution is 0.0900. The number of hydrogen-bond donors (Lipinski definition) is 2. The van der Waals surface area contributed by atoms with Gasteiger partial charge in [-0.1, -0.05) is 12.1 Å². The van der Waals surface area contributed by atoms with Crippen molar-refractivity contribution in [2.45, 2.75) is 19.9 Å². The number of aromatic nitrogens is 1. The van der Waals surface area contributed by atoms with Gasteiger partial charge in [-0.15, -0.1) is 0 Å². The number of fused-ring (bicyclic) bond motifs is 1. The second-order valence-corrected chi connectivity index (χ2v) is 6.67. The van der Waals surface area contributed by atoms with Crippen molar-refractivity contribution < 1.29 is 4.79 Å². The van der Waals surface area contributed by atoms with Crippen LogP contribution in [0.5, 0.6) is 0 Å². The van der Waals surface area contributed by atoms with Crippen molar-refractivity contribution in [3.05, 3.63) is 35.5 Å². The van der Waals surface area contributed by atoms with Gasteiger partial charge in [-0.3, -0.25) is 9.69 Å². The fourth-order valence-electron chi connectivity index (χ4n) is 3.09. The molecule has 1 amide bonds. The first-order chi connectivity index (χ1) is 11.0. The highest BCUT2D eigenvalue weighted by atomic mass is 16.1. The number of carbonyl (C=O) groups excluding carboxylic acids is 1. The van der Waals surface area contributed by atoms with Crippen LogP contribution in [0.4, 0.5) is 0 Å². The first kappa shape index (κ1) is 16.0. The van der Waals surface area contributed by atoms with Crippen LogP contribution in [0.25, 0.3) is 10.9 Å². The Morgan fingerprint density at radius 3 is 2.74 bits per heavy atom. The number of piperazine rings is 1. The molecule has 1 fully saturated rings. The van der Waals surface area contributed by atoms with Crippen LogP contribution in [0.2, 0.25) is 0 Å². The van der Waals surface area contributed by atoms with E-state index in [1.165, 1.54) is 5.56 Å². The molecular weight excluding hydrogens is 288 g/mol. The normalized spacial score (nSPS) is 18.2. The Hall–Kier alpha value is -1.85. The summed E-state index contributed by atoms with van der Waals surface area (Å²) in [5.41, 5.74) is 2.84. The van der Waals surface area contributed by atoms with Gasteiger partial charge >= 0.3 is 0 Å². The van der Waals surface area contributed by atoms with E-state index in [2.05, 4.69) is 53.1 Å². The van der Waals surface area contributed by atoms with Gasteiger partial charge in [0.2, 0.25) is 0 Å². The quantitative estimate of drug-likeness (QED) is 0.905. The average molecular weight is 314 g/mol. The van der Waals surface area contributed by atoms with Crippen LogP contribution in [0, 0.1) is 6.92 Å². The summed E-state index contributed by atoms with van der Waals surface area (Å²) in [7, 11) is 2.15. The lowest BCUT2D eigenvalue weighted by atomic mass is 10.2. The number of rotatable bonds is 4. The minimum Gasteiger partial charge on any atom is -0.351 e. The Balaban J connectivity index is 1.57. The molecule has 1 aliphatic heterocycles. The smallest absolute Gasteiger partial charge is 0.267 e. The number of H-pyrrole nitrogens is 1. The SMILES string of the molecule is Cc1ccc2cc(C(=O)NCC(C)N3CCN(C)CC3)[nH]c2c1. The van der Waals surface area contributed by atoms with E-state index in [1.807, 2.05) is 12.1 Å². The molecule has 1 atom stereocenters. The van der Waals surface area contributed by atoms with Crippen molar-refractivity contribution >= 4 is 16.8 Å². The maximum Gasteiger partial charge on any atom is 0.267 e. The van der Waals surface area contributed by atoms with Gasteiger partial charge in [-0.2, -0.15) is 0 Å². The highest BCUT2D eigenvalue weighted by Crippen LogP contribution is 2.16. The zero-order chi connectivity index (χ0) is 16.4. The van der Waals surface area contributed by atoms with E-state index in [0.717, 1.165) is 37.1 Å². The first-order valence-corrected chi connectivity index (χ1v) is 8.33. The Kier molecular flexibility index (Phi) is 4.68. The van der Waals surface area contributed by atoms with E-state index in [0.29, 0.717) is 18.3 Å². The standard InChI is InChI=1S/C18H26N4O/c1-13-4-5-15-11-17(20-16(15)10-13)18(23)19-12-14(2)22-8-6-21(3)7-9-22/h4-5,10-11,14,20H,6-9,12H2,1-3H3,(H,19,23). The molecule has 2 heterocycles. The van der Waals surface area contributed by atoms with Crippen molar-refractivity contribution in [2.75, 3.05) is 39.8 Å². The van der Waals surface area contributed by atoms with Gasteiger partial charge in [-0.05, 0) is 38.6 Å². The largest absolute Gasteiger partial charge is 0.351 e. The molecule has 1 aromatic heterocycles. The molecule has 0 saturated carbocycles. The van der Waals surface area contributed by atoms with Crippen LogP contribution in [-0.2, 0) is 0 Å². The summed E-state index contributed by atoms with van der Waals surface area (Å²) in [5.74, 6) is -0.0279. The van der Waals surface area contributed by atoms with Crippen molar-refractivity contribution in [2.24, 2.45) is 0 Å². The molecule has 2 N–H and O–H groups in total. The van der Waals surface area contributed by atoms with Gasteiger partial charge in [0, 0.05) is 49.7 Å². The molecule has 1 aromatic carbocycles. The summed E-state index contributed by atoms with van der Waals surface area (Å²) in [5, 5.41) is 4.13. The lowest BCUT2D eigenvalue weighted by Gasteiger charge is -2.36. The van der Waals surface area contributed by atoms with E-state index < -0.39 is 0 Å². The molecular formula is C18H26N4O. The van der Waals surface area contributed by atoms with Crippen molar-refractivity contribution in [3.8, 4) is 0 Å². The maximum atomic E-state index is 12.4. The van der Waals surface area contributed by atoms with Crippen LogP contribution in [-0.4, -0.2) is 66.5 Å². The number of nitrogens with one attached hydrogen (secondary N) is 2. The van der Waals surface area contributed by atoms with Crippen molar-refractivity contribution in [3.63, 3.8) is 0 Å². The second kappa shape index (κ2) is 6.72. The van der Waals surface area contributed by atoms with Gasteiger partial charge in [0.1, 0.15) is 5.69 Å². The maximum absolute atomic E-state index is 12.4. The predicted octanol–water partition coefficient (Wildman–Crippen LogP) is 1.84. The van der Waals surface area contributed by atoms with Gasteiger partial charge in [0.25, 0.3) is 5.91 Å². The minimum atomic E-state index is -0.0279. The molecule has 0 spiro atoms. The zero-order valence-corrected chi connectivity index (χ0v) is 14.2. The van der Waals surface area contributed by atoms with Crippen molar-refractivity contribution in [1.29, 1.82) is 0 Å². The van der Waals surface area contributed by atoms with E-state index in [1.54, 1.807) is 0 Å². The Bertz CT molecular complexity index is 685. The highest BCUT2D eigenvalue weighted by Gasteiger charge is 2.20. The van der Waals surface area contributed by atoms with Crippen LogP contribution in [0.3, 0.4) is 0 Å². The number of aromatic amines is 1. The molecule has 2 aromatic rings. The number of carbonyl (C=O) groups is 1. The second-order valence-electron chi connectivity index (χ2n) is 6.67. The molecule has 0 radical (unpaired) electrons. The molecule has 3 rings (SSSR count). The first-order valence-electron chi connectivity index (χ1n) is 8.33. The number of benzene rings is 1. The molecule has 5 heteroatoms. The number of hydrogen-bond acceptors (Lipinski definition) is 3. The number of amides is 1. The van der Waals surface area contributed by atoms with Gasteiger partial charge in [0.15, 0.2) is 0 Å². The Morgan fingerprint density at radius 1 is 1.26 bits per heavy atom. The summed E-state index contributed by atoms with van der Waals surface area (Å²) in [6.45, 7) is 9.24. The molecule has 23 heavy (non-hydrogen) atoms. The van der Waals surface area contributed by atoms with E-state index in [4.69, 9.17) is 0 Å². The summed E-state index contributed by atoms with van der Waals surface area (Å²) in [6, 6.07) is 8.46. The monoisotopic (exact) mass is 314 g/mol. The minimum absolute atomic E-state index is 0.0279. The summed E-state index contributed by atoms with van der Waals surface area (Å²) in [4.78, 5) is 20.4. The van der Waals surface area contributed by atoms with Crippen LogP contribution >= 0.6 is 0 Å². The van der Waals surface area contributed by atoms with E-state index >= 15 is 0 Å². The molecule has 5 nitrogen and oxygen atoms in total. The highest BCUT2D eigenvalue weighted by molar-refractivity contribution is 5.98. The number of likely N-dealkylation sites (N-methyl/N-ethyl adjacent to an activating group) is 1. The van der Waals surface area contributed by atoms with Gasteiger partial charge < -0.3 is 15.2 Å². The third kappa shape index (κ3) is 3.74. The molecule has 0 bridgehead atoms. The van der Waals surface area contributed by atoms with Gasteiger partial charge in [-0.25, -0.2) is 0 Å². The molecule has 0 aliphatic carbocycles. The fraction of sp³-hybridized carbons (Fsp3) is 0.500. The number of aryl methyl sites for hydroxylation is 1. The fourth-order valence-corrected chi connectivity index (χ4v) is 3.09.